The Morgan fingerprint density at radius 1 is 1.29 bits per heavy atom. The van der Waals surface area contributed by atoms with Gasteiger partial charge in [-0.15, -0.1) is 0 Å². The number of hydrogen-bond acceptors (Lipinski definition) is 1. The van der Waals surface area contributed by atoms with Gasteiger partial charge in [-0.25, -0.2) is 0 Å². The van der Waals surface area contributed by atoms with Gasteiger partial charge < -0.3 is 5.11 Å². The zero-order chi connectivity index (χ0) is 10.0. The molecule has 0 saturated heterocycles. The van der Waals surface area contributed by atoms with Crippen molar-refractivity contribution in [2.75, 3.05) is 0 Å². The van der Waals surface area contributed by atoms with Crippen molar-refractivity contribution in [2.24, 2.45) is 11.3 Å². The molecule has 2 aliphatic rings. The smallest absolute Gasteiger partial charge is 0.111 e. The highest BCUT2D eigenvalue weighted by Gasteiger charge is 2.33. The largest absolute Gasteiger partial charge is 0.508 e. The standard InChI is InChI=1S/C13H20O/c1-13(9-7-12(14)8-10-13)11-5-3-2-4-6-11/h7-9,11,14H,2-6,10H2,1H3. The Labute approximate surface area is 86.5 Å². The lowest BCUT2D eigenvalue weighted by Crippen LogP contribution is -2.28. The molecule has 0 amide bonds. The van der Waals surface area contributed by atoms with Crippen molar-refractivity contribution in [3.05, 3.63) is 24.0 Å². The molecule has 0 aliphatic heterocycles. The molecule has 1 heteroatoms. The molecule has 0 radical (unpaired) electrons. The molecule has 0 aromatic rings. The van der Waals surface area contributed by atoms with Crippen LogP contribution in [0, 0.1) is 11.3 Å². The van der Waals surface area contributed by atoms with Crippen molar-refractivity contribution in [3.63, 3.8) is 0 Å². The summed E-state index contributed by atoms with van der Waals surface area (Å²) < 4.78 is 0. The first-order valence-corrected chi connectivity index (χ1v) is 5.79. The molecule has 78 valence electrons. The Bertz CT molecular complexity index is 258. The number of hydrogen-bond donors (Lipinski definition) is 1. The van der Waals surface area contributed by atoms with Crippen molar-refractivity contribution in [1.29, 1.82) is 0 Å². The van der Waals surface area contributed by atoms with Gasteiger partial charge in [0.2, 0.25) is 0 Å². The van der Waals surface area contributed by atoms with E-state index >= 15 is 0 Å². The van der Waals surface area contributed by atoms with Crippen LogP contribution in [0.15, 0.2) is 24.0 Å². The van der Waals surface area contributed by atoms with Gasteiger partial charge in [0.05, 0.1) is 0 Å². The Kier molecular flexibility index (Phi) is 2.66. The molecule has 1 atom stereocenters. The predicted octanol–water partition coefficient (Wildman–Crippen LogP) is 3.97. The minimum absolute atomic E-state index is 0.312. The Hall–Kier alpha value is -0.720. The summed E-state index contributed by atoms with van der Waals surface area (Å²) in [5.74, 6) is 1.27. The maximum atomic E-state index is 9.31. The van der Waals surface area contributed by atoms with Crippen molar-refractivity contribution in [3.8, 4) is 0 Å². The fourth-order valence-electron chi connectivity index (χ4n) is 2.80. The number of aliphatic hydroxyl groups excluding tert-OH is 1. The van der Waals surface area contributed by atoms with Crippen molar-refractivity contribution in [2.45, 2.75) is 45.4 Å². The number of rotatable bonds is 1. The number of allylic oxidation sites excluding steroid dienone is 3. The van der Waals surface area contributed by atoms with Crippen LogP contribution >= 0.6 is 0 Å². The molecule has 0 spiro atoms. The Balaban J connectivity index is 2.05. The van der Waals surface area contributed by atoms with Gasteiger partial charge in [0.1, 0.15) is 5.76 Å². The third-order valence-corrected chi connectivity index (χ3v) is 3.92. The maximum absolute atomic E-state index is 9.31. The highest BCUT2D eigenvalue weighted by atomic mass is 16.3. The van der Waals surface area contributed by atoms with Gasteiger partial charge in [0.25, 0.3) is 0 Å². The minimum Gasteiger partial charge on any atom is -0.508 e. The van der Waals surface area contributed by atoms with Crippen molar-refractivity contribution in [1.82, 2.24) is 0 Å². The average Bonchev–Trinajstić information content (AvgIpc) is 2.24. The second-order valence-electron chi connectivity index (χ2n) is 5.01. The molecule has 1 nitrogen and oxygen atoms in total. The Morgan fingerprint density at radius 3 is 2.57 bits per heavy atom. The molecule has 0 aromatic heterocycles. The van der Waals surface area contributed by atoms with Crippen LogP contribution < -0.4 is 0 Å². The van der Waals surface area contributed by atoms with E-state index < -0.39 is 0 Å². The summed E-state index contributed by atoms with van der Waals surface area (Å²) in [6, 6.07) is 0. The van der Waals surface area contributed by atoms with Crippen LogP contribution in [0.3, 0.4) is 0 Å². The second-order valence-corrected chi connectivity index (χ2v) is 5.01. The Morgan fingerprint density at radius 2 is 2.00 bits per heavy atom. The lowest BCUT2D eigenvalue weighted by Gasteiger charge is -2.38. The molecule has 0 bridgehead atoms. The van der Waals surface area contributed by atoms with Gasteiger partial charge in [-0.1, -0.05) is 32.3 Å². The summed E-state index contributed by atoms with van der Waals surface area (Å²) in [6.07, 6.45) is 14.0. The SMILES string of the molecule is CC1(C2CCCCC2)C=CC(O)=CC1. The summed E-state index contributed by atoms with van der Waals surface area (Å²) in [6.45, 7) is 2.34. The van der Waals surface area contributed by atoms with Crippen LogP contribution in [-0.2, 0) is 0 Å². The van der Waals surface area contributed by atoms with E-state index in [9.17, 15) is 5.11 Å². The van der Waals surface area contributed by atoms with Crippen molar-refractivity contribution < 1.29 is 5.11 Å². The molecule has 1 unspecified atom stereocenters. The highest BCUT2D eigenvalue weighted by Crippen LogP contribution is 2.43. The van der Waals surface area contributed by atoms with Gasteiger partial charge in [-0.05, 0) is 42.7 Å². The zero-order valence-corrected chi connectivity index (χ0v) is 9.00. The molecule has 2 rings (SSSR count). The molecule has 1 N–H and O–H groups in total. The summed E-state index contributed by atoms with van der Waals surface area (Å²) in [5.41, 5.74) is 0.312. The zero-order valence-electron chi connectivity index (χ0n) is 9.00. The maximum Gasteiger partial charge on any atom is 0.111 e. The molecule has 1 fully saturated rings. The predicted molar refractivity (Wildman–Crippen MR) is 59.2 cm³/mol. The molecule has 0 aromatic carbocycles. The number of aliphatic hydroxyl groups is 1. The third-order valence-electron chi connectivity index (χ3n) is 3.92. The fourth-order valence-corrected chi connectivity index (χ4v) is 2.80. The molecule has 1 saturated carbocycles. The first kappa shape index (κ1) is 9.82. The van der Waals surface area contributed by atoms with Gasteiger partial charge >= 0.3 is 0 Å². The first-order valence-electron chi connectivity index (χ1n) is 5.79. The lowest BCUT2D eigenvalue weighted by atomic mass is 9.67. The second kappa shape index (κ2) is 3.80. The summed E-state index contributed by atoms with van der Waals surface area (Å²) in [5, 5.41) is 9.31. The molecular weight excluding hydrogens is 172 g/mol. The first-order chi connectivity index (χ1) is 6.71. The normalized spacial score (nSPS) is 34.2. The fraction of sp³-hybridized carbons (Fsp3) is 0.692. The molecular formula is C13H20O. The van der Waals surface area contributed by atoms with Crippen LogP contribution in [-0.4, -0.2) is 5.11 Å². The van der Waals surface area contributed by atoms with Crippen LogP contribution in [0.4, 0.5) is 0 Å². The van der Waals surface area contributed by atoms with Gasteiger partial charge in [-0.3, -0.25) is 0 Å². The van der Waals surface area contributed by atoms with Crippen LogP contribution in [0.2, 0.25) is 0 Å². The summed E-state index contributed by atoms with van der Waals surface area (Å²) in [4.78, 5) is 0. The van der Waals surface area contributed by atoms with Crippen LogP contribution in [0.1, 0.15) is 45.4 Å². The van der Waals surface area contributed by atoms with E-state index in [1.165, 1.54) is 32.1 Å². The van der Waals surface area contributed by atoms with Crippen LogP contribution in [0.5, 0.6) is 0 Å². The summed E-state index contributed by atoms with van der Waals surface area (Å²) in [7, 11) is 0. The quantitative estimate of drug-likeness (QED) is 0.666. The van der Waals surface area contributed by atoms with Gasteiger partial charge in [-0.2, -0.15) is 0 Å². The van der Waals surface area contributed by atoms with Crippen molar-refractivity contribution >= 4 is 0 Å². The van der Waals surface area contributed by atoms with E-state index in [0.717, 1.165) is 12.3 Å². The van der Waals surface area contributed by atoms with E-state index in [4.69, 9.17) is 0 Å². The monoisotopic (exact) mass is 192 g/mol. The lowest BCUT2D eigenvalue weighted by molar-refractivity contribution is 0.187. The molecule has 2 aliphatic carbocycles. The van der Waals surface area contributed by atoms with E-state index in [0.29, 0.717) is 11.2 Å². The highest BCUT2D eigenvalue weighted by molar-refractivity contribution is 5.21. The minimum atomic E-state index is 0.312. The van der Waals surface area contributed by atoms with E-state index in [2.05, 4.69) is 13.0 Å². The average molecular weight is 192 g/mol. The van der Waals surface area contributed by atoms with Gasteiger partial charge in [0, 0.05) is 0 Å². The topological polar surface area (TPSA) is 20.2 Å². The van der Waals surface area contributed by atoms with E-state index in [-0.39, 0.29) is 0 Å². The molecule has 0 heterocycles. The third kappa shape index (κ3) is 1.87. The van der Waals surface area contributed by atoms with Crippen LogP contribution in [0.25, 0.3) is 0 Å². The molecule has 14 heavy (non-hydrogen) atoms. The summed E-state index contributed by atoms with van der Waals surface area (Å²) >= 11 is 0. The van der Waals surface area contributed by atoms with E-state index in [1.807, 2.05) is 12.2 Å². The van der Waals surface area contributed by atoms with Gasteiger partial charge in [0.15, 0.2) is 0 Å². The van der Waals surface area contributed by atoms with E-state index in [1.54, 1.807) is 0 Å².